The largest absolute Gasteiger partial charge is 0.870 e. The smallest absolute Gasteiger partial charge is 0.303 e. The van der Waals surface area contributed by atoms with E-state index in [0.717, 1.165) is 24.0 Å². The van der Waals surface area contributed by atoms with Crippen LogP contribution in [0.5, 0.6) is 0 Å². The number of quaternary nitrogens is 1. The quantitative estimate of drug-likeness (QED) is 0.370. The zero-order valence-electron chi connectivity index (χ0n) is 12.1. The molecule has 0 rings (SSSR count). The van der Waals surface area contributed by atoms with Gasteiger partial charge in [-0.2, -0.15) is 0 Å². The third-order valence-electron chi connectivity index (χ3n) is 2.77. The summed E-state index contributed by atoms with van der Waals surface area (Å²) >= 11 is 0. The van der Waals surface area contributed by atoms with Gasteiger partial charge in [0.1, 0.15) is 0 Å². The molecular formula is C13H26N2O4. The molecule has 3 N–H and O–H groups in total. The molecule has 0 aromatic heterocycles. The van der Waals surface area contributed by atoms with Crippen LogP contribution in [-0.2, 0) is 9.59 Å². The van der Waals surface area contributed by atoms with Crippen LogP contribution in [0.25, 0.3) is 0 Å². The summed E-state index contributed by atoms with van der Waals surface area (Å²) < 4.78 is 0.774. The maximum absolute atomic E-state index is 11.2. The highest BCUT2D eigenvalue weighted by atomic mass is 16.4. The van der Waals surface area contributed by atoms with Crippen LogP contribution in [0, 0.1) is 0 Å². The summed E-state index contributed by atoms with van der Waals surface area (Å²) in [4.78, 5) is 21.7. The lowest BCUT2D eigenvalue weighted by Gasteiger charge is -2.29. The molecule has 0 heterocycles. The fraction of sp³-hybridized carbons (Fsp3) is 0.692. The van der Waals surface area contributed by atoms with Crippen molar-refractivity contribution >= 4 is 11.9 Å². The predicted molar refractivity (Wildman–Crippen MR) is 73.1 cm³/mol. The van der Waals surface area contributed by atoms with Gasteiger partial charge >= 0.3 is 5.97 Å². The van der Waals surface area contributed by atoms with Gasteiger partial charge in [-0.25, -0.2) is 0 Å². The molecule has 0 bridgehead atoms. The van der Waals surface area contributed by atoms with Gasteiger partial charge < -0.3 is 20.4 Å². The topological polar surface area (TPSA) is 96.4 Å². The van der Waals surface area contributed by atoms with E-state index in [1.807, 2.05) is 0 Å². The number of carbonyl (C=O) groups is 2. The number of nitrogens with zero attached hydrogens (tertiary/aromatic N) is 1. The van der Waals surface area contributed by atoms with E-state index in [2.05, 4.69) is 26.0 Å². The lowest BCUT2D eigenvalue weighted by molar-refractivity contribution is -0.890. The summed E-state index contributed by atoms with van der Waals surface area (Å²) in [6, 6.07) is 0. The third-order valence-corrected chi connectivity index (χ3v) is 2.77. The van der Waals surface area contributed by atoms with Gasteiger partial charge in [0.15, 0.2) is 0 Å². The van der Waals surface area contributed by atoms with Crippen molar-refractivity contribution in [3.8, 4) is 0 Å². The van der Waals surface area contributed by atoms with Crippen molar-refractivity contribution < 1.29 is 24.7 Å². The van der Waals surface area contributed by atoms with Gasteiger partial charge in [0.2, 0.25) is 5.91 Å². The van der Waals surface area contributed by atoms with Crippen LogP contribution in [0.15, 0.2) is 12.2 Å². The number of carboxylic acids is 1. The normalized spacial score (nSPS) is 10.5. The Morgan fingerprint density at radius 3 is 2.21 bits per heavy atom. The molecule has 1 amide bonds. The molecule has 6 nitrogen and oxygen atoms in total. The van der Waals surface area contributed by atoms with Gasteiger partial charge in [0.05, 0.1) is 33.6 Å². The number of aliphatic carboxylic acids is 1. The molecule has 0 saturated carbocycles. The number of nitrogens with one attached hydrogen (secondary N) is 1. The summed E-state index contributed by atoms with van der Waals surface area (Å²) in [5.41, 5.74) is 0.519. The summed E-state index contributed by atoms with van der Waals surface area (Å²) in [6.45, 7) is 7.63. The summed E-state index contributed by atoms with van der Waals surface area (Å²) in [7, 11) is 4.14. The summed E-state index contributed by atoms with van der Waals surface area (Å²) in [6.07, 6.45) is 1.77. The number of carboxylic acid groups (broad SMARTS) is 1. The van der Waals surface area contributed by atoms with Crippen LogP contribution in [0.3, 0.4) is 0 Å². The first-order chi connectivity index (χ1) is 8.24. The highest BCUT2D eigenvalue weighted by Gasteiger charge is 2.15. The lowest BCUT2D eigenvalue weighted by atomic mass is 10.2. The van der Waals surface area contributed by atoms with E-state index >= 15 is 0 Å². The van der Waals surface area contributed by atoms with Gasteiger partial charge in [-0.3, -0.25) is 9.59 Å². The first-order valence-electron chi connectivity index (χ1n) is 6.22. The molecule has 19 heavy (non-hydrogen) atoms. The Hall–Kier alpha value is -1.40. The minimum atomic E-state index is -0.747. The Bertz CT molecular complexity index is 314. The van der Waals surface area contributed by atoms with Crippen LogP contribution >= 0.6 is 0 Å². The second kappa shape index (κ2) is 9.52. The number of rotatable bonds is 9. The molecule has 0 aliphatic carbocycles. The van der Waals surface area contributed by atoms with E-state index in [0.29, 0.717) is 18.5 Å². The highest BCUT2D eigenvalue weighted by molar-refractivity contribution is 5.91. The SMILES string of the molecule is C=C(C)C(=O)NCCC[N+](C)(C)CCCC(=O)O.[OH-]. The third kappa shape index (κ3) is 11.4. The summed E-state index contributed by atoms with van der Waals surface area (Å²) in [5.74, 6) is -0.852. The van der Waals surface area contributed by atoms with Crippen LogP contribution in [-0.4, -0.2) is 60.7 Å². The minimum absolute atomic E-state index is 0. The van der Waals surface area contributed by atoms with Crippen molar-refractivity contribution in [2.45, 2.75) is 26.2 Å². The molecule has 0 aromatic carbocycles. The Balaban J connectivity index is 0. The standard InChI is InChI=1S/C13H24N2O3.H2O/c1-11(2)13(18)14-8-6-10-15(3,4)9-5-7-12(16)17;/h1,5-10H2,2-4H3,(H-,14,16,17,18);1H2. The first kappa shape index (κ1) is 19.9. The van der Waals surface area contributed by atoms with E-state index in [1.165, 1.54) is 0 Å². The predicted octanol–water partition coefficient (Wildman–Crippen LogP) is 0.833. The van der Waals surface area contributed by atoms with Gasteiger partial charge in [0.25, 0.3) is 0 Å². The molecular weight excluding hydrogens is 248 g/mol. The van der Waals surface area contributed by atoms with Crippen LogP contribution < -0.4 is 5.32 Å². The molecule has 0 unspecified atom stereocenters. The molecule has 0 fully saturated rings. The van der Waals surface area contributed by atoms with Crippen LogP contribution in [0.2, 0.25) is 0 Å². The molecule has 0 aliphatic heterocycles. The minimum Gasteiger partial charge on any atom is -0.870 e. The fourth-order valence-corrected chi connectivity index (χ4v) is 1.63. The maximum atomic E-state index is 11.2. The van der Waals surface area contributed by atoms with Crippen molar-refractivity contribution in [1.82, 2.24) is 5.32 Å². The van der Waals surface area contributed by atoms with Gasteiger partial charge in [-0.1, -0.05) is 6.58 Å². The molecule has 0 aliphatic rings. The molecule has 6 heteroatoms. The maximum Gasteiger partial charge on any atom is 0.303 e. The van der Waals surface area contributed by atoms with E-state index in [1.54, 1.807) is 6.92 Å². The Morgan fingerprint density at radius 1 is 1.21 bits per heavy atom. The van der Waals surface area contributed by atoms with E-state index in [9.17, 15) is 9.59 Å². The zero-order valence-corrected chi connectivity index (χ0v) is 12.1. The Morgan fingerprint density at radius 2 is 1.74 bits per heavy atom. The van der Waals surface area contributed by atoms with Crippen molar-refractivity contribution in [3.05, 3.63) is 12.2 Å². The average molecular weight is 274 g/mol. The number of hydrogen-bond donors (Lipinski definition) is 2. The second-order valence-electron chi connectivity index (χ2n) is 5.27. The number of amides is 1. The number of hydrogen-bond acceptors (Lipinski definition) is 3. The van der Waals surface area contributed by atoms with E-state index in [4.69, 9.17) is 5.11 Å². The Labute approximate surface area is 115 Å². The Kier molecular flexibility index (Phi) is 9.99. The molecule has 0 atom stereocenters. The average Bonchev–Trinajstić information content (AvgIpc) is 2.23. The van der Waals surface area contributed by atoms with Gasteiger partial charge in [-0.15, -0.1) is 0 Å². The van der Waals surface area contributed by atoms with E-state index < -0.39 is 5.97 Å². The summed E-state index contributed by atoms with van der Waals surface area (Å²) in [5, 5.41) is 11.4. The molecule has 0 spiro atoms. The highest BCUT2D eigenvalue weighted by Crippen LogP contribution is 2.03. The zero-order chi connectivity index (χ0) is 14.2. The van der Waals surface area contributed by atoms with Gasteiger partial charge in [-0.05, 0) is 6.92 Å². The van der Waals surface area contributed by atoms with Crippen molar-refractivity contribution in [2.24, 2.45) is 0 Å². The van der Waals surface area contributed by atoms with Crippen LogP contribution in [0.4, 0.5) is 0 Å². The first-order valence-corrected chi connectivity index (χ1v) is 6.22. The fourth-order valence-electron chi connectivity index (χ4n) is 1.63. The monoisotopic (exact) mass is 274 g/mol. The second-order valence-corrected chi connectivity index (χ2v) is 5.27. The van der Waals surface area contributed by atoms with Crippen molar-refractivity contribution in [3.63, 3.8) is 0 Å². The van der Waals surface area contributed by atoms with Crippen LogP contribution in [0.1, 0.15) is 26.2 Å². The molecule has 0 radical (unpaired) electrons. The molecule has 0 saturated heterocycles. The van der Waals surface area contributed by atoms with Crippen molar-refractivity contribution in [2.75, 3.05) is 33.7 Å². The lowest BCUT2D eigenvalue weighted by Crippen LogP contribution is -2.42. The van der Waals surface area contributed by atoms with Crippen molar-refractivity contribution in [1.29, 1.82) is 0 Å². The van der Waals surface area contributed by atoms with Gasteiger partial charge in [0, 0.05) is 25.0 Å². The molecule has 0 aromatic rings. The van der Waals surface area contributed by atoms with E-state index in [-0.39, 0.29) is 17.8 Å². The molecule has 112 valence electrons. The number of carbonyl (C=O) groups excluding carboxylic acids is 1.